The Labute approximate surface area is 177 Å². The molecule has 4 aliphatic carbocycles. The Hall–Kier alpha value is -2.69. The Morgan fingerprint density at radius 2 is 1.70 bits per heavy atom. The first kappa shape index (κ1) is 19.3. The smallest absolute Gasteiger partial charge is 0.251 e. The van der Waals surface area contributed by atoms with Crippen LogP contribution in [0.3, 0.4) is 0 Å². The Morgan fingerprint density at radius 3 is 2.30 bits per heavy atom. The SMILES string of the molecule is COc1ccc(C(=O)NCc2ccc(O)cc2O)cc1C12CC3CC(CC(C3)C1)C2. The van der Waals surface area contributed by atoms with Crippen LogP contribution in [0.4, 0.5) is 0 Å². The second kappa shape index (κ2) is 7.22. The lowest BCUT2D eigenvalue weighted by Gasteiger charge is -2.57. The number of ether oxygens (including phenoxy) is 1. The molecule has 0 aromatic heterocycles. The number of hydrogen-bond acceptors (Lipinski definition) is 4. The molecule has 0 radical (unpaired) electrons. The molecular weight excluding hydrogens is 378 g/mol. The molecule has 0 saturated heterocycles. The lowest BCUT2D eigenvalue weighted by molar-refractivity contribution is -0.00617. The number of carbonyl (C=O) groups is 1. The van der Waals surface area contributed by atoms with Crippen molar-refractivity contribution in [1.82, 2.24) is 5.32 Å². The second-order valence-corrected chi connectivity index (χ2v) is 9.61. The van der Waals surface area contributed by atoms with E-state index in [2.05, 4.69) is 5.32 Å². The van der Waals surface area contributed by atoms with E-state index in [-0.39, 0.29) is 29.4 Å². The molecule has 4 aliphatic rings. The first-order valence-electron chi connectivity index (χ1n) is 10.9. The molecule has 4 saturated carbocycles. The summed E-state index contributed by atoms with van der Waals surface area (Å²) >= 11 is 0. The van der Waals surface area contributed by atoms with Gasteiger partial charge in [-0.15, -0.1) is 0 Å². The molecule has 3 N–H and O–H groups in total. The Bertz CT molecular complexity index is 948. The van der Waals surface area contributed by atoms with Crippen LogP contribution in [-0.2, 0) is 12.0 Å². The van der Waals surface area contributed by atoms with Crippen molar-refractivity contribution in [3.05, 3.63) is 53.1 Å². The molecule has 0 unspecified atom stereocenters. The summed E-state index contributed by atoms with van der Waals surface area (Å²) in [6, 6.07) is 10.2. The van der Waals surface area contributed by atoms with Crippen molar-refractivity contribution in [3.63, 3.8) is 0 Å². The van der Waals surface area contributed by atoms with Crippen molar-refractivity contribution in [3.8, 4) is 17.2 Å². The van der Waals surface area contributed by atoms with E-state index in [9.17, 15) is 15.0 Å². The second-order valence-electron chi connectivity index (χ2n) is 9.61. The lowest BCUT2D eigenvalue weighted by atomic mass is 9.48. The van der Waals surface area contributed by atoms with E-state index >= 15 is 0 Å². The Kier molecular flexibility index (Phi) is 4.64. The number of benzene rings is 2. The van der Waals surface area contributed by atoms with Crippen molar-refractivity contribution in [2.24, 2.45) is 17.8 Å². The van der Waals surface area contributed by atoms with Gasteiger partial charge in [-0.05, 0) is 92.0 Å². The van der Waals surface area contributed by atoms with Crippen LogP contribution in [0, 0.1) is 17.8 Å². The van der Waals surface area contributed by atoms with E-state index in [1.807, 2.05) is 18.2 Å². The lowest BCUT2D eigenvalue weighted by Crippen LogP contribution is -2.48. The molecule has 5 heteroatoms. The number of methoxy groups -OCH3 is 1. The van der Waals surface area contributed by atoms with Gasteiger partial charge in [0.05, 0.1) is 7.11 Å². The van der Waals surface area contributed by atoms with E-state index < -0.39 is 0 Å². The van der Waals surface area contributed by atoms with Gasteiger partial charge in [0.2, 0.25) is 0 Å². The molecule has 158 valence electrons. The molecule has 0 spiro atoms. The largest absolute Gasteiger partial charge is 0.508 e. The van der Waals surface area contributed by atoms with E-state index in [1.54, 1.807) is 13.2 Å². The third-order valence-electron chi connectivity index (χ3n) is 7.58. The van der Waals surface area contributed by atoms with Gasteiger partial charge in [0.25, 0.3) is 5.91 Å². The highest BCUT2D eigenvalue weighted by Gasteiger charge is 2.52. The normalized spacial score (nSPS) is 29.0. The molecule has 30 heavy (non-hydrogen) atoms. The van der Waals surface area contributed by atoms with E-state index in [0.717, 1.165) is 23.5 Å². The summed E-state index contributed by atoms with van der Waals surface area (Å²) in [6.07, 6.45) is 7.75. The third-order valence-corrected chi connectivity index (χ3v) is 7.58. The molecule has 6 rings (SSSR count). The van der Waals surface area contributed by atoms with Crippen LogP contribution in [0.15, 0.2) is 36.4 Å². The first-order valence-corrected chi connectivity index (χ1v) is 10.9. The molecule has 0 atom stereocenters. The summed E-state index contributed by atoms with van der Waals surface area (Å²) in [5.74, 6) is 3.14. The molecule has 5 nitrogen and oxygen atoms in total. The third kappa shape index (κ3) is 3.30. The van der Waals surface area contributed by atoms with Crippen LogP contribution in [0.5, 0.6) is 17.2 Å². The van der Waals surface area contributed by atoms with Gasteiger partial charge in [0.15, 0.2) is 0 Å². The summed E-state index contributed by atoms with van der Waals surface area (Å²) in [7, 11) is 1.71. The predicted molar refractivity (Wildman–Crippen MR) is 114 cm³/mol. The van der Waals surface area contributed by atoms with Crippen molar-refractivity contribution < 1.29 is 19.7 Å². The van der Waals surface area contributed by atoms with Gasteiger partial charge >= 0.3 is 0 Å². The summed E-state index contributed by atoms with van der Waals surface area (Å²) in [4.78, 5) is 12.9. The molecule has 1 amide bonds. The van der Waals surface area contributed by atoms with E-state index in [0.29, 0.717) is 11.1 Å². The average Bonchev–Trinajstić information content (AvgIpc) is 2.71. The molecule has 4 bridgehead atoms. The number of hydrogen-bond donors (Lipinski definition) is 3. The fraction of sp³-hybridized carbons (Fsp3) is 0.480. The van der Waals surface area contributed by atoms with Crippen LogP contribution in [0.2, 0.25) is 0 Å². The number of phenolic OH excluding ortho intramolecular Hbond substituents is 2. The van der Waals surface area contributed by atoms with Crippen molar-refractivity contribution >= 4 is 5.91 Å². The maximum absolute atomic E-state index is 12.9. The molecular formula is C25H29NO4. The minimum atomic E-state index is -0.170. The summed E-state index contributed by atoms with van der Waals surface area (Å²) < 4.78 is 5.74. The number of aromatic hydroxyl groups is 2. The van der Waals surface area contributed by atoms with Gasteiger partial charge in [0.1, 0.15) is 17.2 Å². The highest BCUT2D eigenvalue weighted by molar-refractivity contribution is 5.94. The van der Waals surface area contributed by atoms with E-state index in [4.69, 9.17) is 4.74 Å². The van der Waals surface area contributed by atoms with Crippen LogP contribution in [0.1, 0.15) is 60.0 Å². The topological polar surface area (TPSA) is 78.8 Å². The first-order chi connectivity index (χ1) is 14.5. The van der Waals surface area contributed by atoms with Gasteiger partial charge in [-0.1, -0.05) is 0 Å². The van der Waals surface area contributed by atoms with Crippen LogP contribution < -0.4 is 10.1 Å². The van der Waals surface area contributed by atoms with Crippen molar-refractivity contribution in [1.29, 1.82) is 0 Å². The molecule has 4 fully saturated rings. The fourth-order valence-corrected chi connectivity index (χ4v) is 6.68. The zero-order valence-corrected chi connectivity index (χ0v) is 17.4. The fourth-order valence-electron chi connectivity index (χ4n) is 6.68. The molecule has 0 aliphatic heterocycles. The molecule has 0 heterocycles. The zero-order valence-electron chi connectivity index (χ0n) is 17.4. The maximum atomic E-state index is 12.9. The maximum Gasteiger partial charge on any atom is 0.251 e. The van der Waals surface area contributed by atoms with Gasteiger partial charge in [-0.25, -0.2) is 0 Å². The Balaban J connectivity index is 1.40. The summed E-state index contributed by atoms with van der Waals surface area (Å²) in [5.41, 5.74) is 2.53. The number of amides is 1. The highest BCUT2D eigenvalue weighted by atomic mass is 16.5. The highest BCUT2D eigenvalue weighted by Crippen LogP contribution is 2.61. The Morgan fingerprint density at radius 1 is 1.03 bits per heavy atom. The number of carbonyl (C=O) groups excluding carboxylic acids is 1. The standard InChI is InChI=1S/C25H29NO4/c1-30-23-5-3-18(24(29)26-14-19-2-4-20(27)10-22(19)28)9-21(23)25-11-15-6-16(12-25)8-17(7-15)13-25/h2-5,9-10,15-17,27-28H,6-8,11-14H2,1H3,(H,26,29). The van der Waals surface area contributed by atoms with Gasteiger partial charge in [-0.2, -0.15) is 0 Å². The molecule has 2 aromatic rings. The molecule has 2 aromatic carbocycles. The number of nitrogens with one attached hydrogen (secondary N) is 1. The van der Waals surface area contributed by atoms with Gasteiger partial charge in [0, 0.05) is 29.3 Å². The van der Waals surface area contributed by atoms with Gasteiger partial charge < -0.3 is 20.3 Å². The summed E-state index contributed by atoms with van der Waals surface area (Å²) in [5, 5.41) is 22.3. The van der Waals surface area contributed by atoms with Crippen LogP contribution in [0.25, 0.3) is 0 Å². The van der Waals surface area contributed by atoms with E-state index in [1.165, 1.54) is 56.2 Å². The quantitative estimate of drug-likeness (QED) is 0.682. The average molecular weight is 408 g/mol. The number of rotatable bonds is 5. The van der Waals surface area contributed by atoms with Crippen molar-refractivity contribution in [2.45, 2.75) is 50.5 Å². The monoisotopic (exact) mass is 407 g/mol. The van der Waals surface area contributed by atoms with Gasteiger partial charge in [-0.3, -0.25) is 4.79 Å². The zero-order chi connectivity index (χ0) is 20.9. The minimum absolute atomic E-state index is 0.00190. The van der Waals surface area contributed by atoms with Crippen LogP contribution >= 0.6 is 0 Å². The van der Waals surface area contributed by atoms with Crippen LogP contribution in [-0.4, -0.2) is 23.2 Å². The minimum Gasteiger partial charge on any atom is -0.508 e. The van der Waals surface area contributed by atoms with Crippen molar-refractivity contribution in [2.75, 3.05) is 7.11 Å². The predicted octanol–water partition coefficient (Wildman–Crippen LogP) is 4.50. The summed E-state index contributed by atoms with van der Waals surface area (Å²) in [6.45, 7) is 0.198. The number of phenols is 2.